The van der Waals surface area contributed by atoms with Gasteiger partial charge in [-0.1, -0.05) is 37.3 Å². The van der Waals surface area contributed by atoms with Gasteiger partial charge in [-0.25, -0.2) is 4.79 Å². The largest absolute Gasteiger partial charge is 0.479 e. The zero-order valence-electron chi connectivity index (χ0n) is 15.4. The van der Waals surface area contributed by atoms with Gasteiger partial charge in [-0.2, -0.15) is 13.2 Å². The maximum absolute atomic E-state index is 12.8. The van der Waals surface area contributed by atoms with E-state index in [2.05, 4.69) is 0 Å². The van der Waals surface area contributed by atoms with Crippen molar-refractivity contribution in [3.05, 3.63) is 65.7 Å². The Kier molecular flexibility index (Phi) is 5.65. The van der Waals surface area contributed by atoms with Gasteiger partial charge in [0, 0.05) is 12.2 Å². The number of carbonyl (C=O) groups is 1. The van der Waals surface area contributed by atoms with Gasteiger partial charge in [-0.3, -0.25) is 0 Å². The second-order valence-electron chi connectivity index (χ2n) is 7.09. The quantitative estimate of drug-likeness (QED) is 0.780. The maximum Gasteiger partial charge on any atom is 0.416 e. The molecule has 3 rings (SSSR count). The minimum Gasteiger partial charge on any atom is -0.479 e. The zero-order valence-corrected chi connectivity index (χ0v) is 15.4. The monoisotopic (exact) mass is 393 g/mol. The van der Waals surface area contributed by atoms with Gasteiger partial charge in [0.1, 0.15) is 0 Å². The first-order valence-electron chi connectivity index (χ1n) is 9.05. The van der Waals surface area contributed by atoms with Crippen LogP contribution < -0.4 is 4.90 Å². The minimum absolute atomic E-state index is 0.0561. The van der Waals surface area contributed by atoms with Crippen molar-refractivity contribution in [3.63, 3.8) is 0 Å². The first-order chi connectivity index (χ1) is 13.2. The van der Waals surface area contributed by atoms with Crippen molar-refractivity contribution >= 4 is 11.7 Å². The molecular formula is C21H22F3NO3. The lowest BCUT2D eigenvalue weighted by atomic mass is 9.86. The number of carboxylic acid groups (broad SMARTS) is 1. The molecule has 7 heteroatoms. The van der Waals surface area contributed by atoms with E-state index in [9.17, 15) is 23.1 Å². The van der Waals surface area contributed by atoms with Crippen LogP contribution in [0.5, 0.6) is 0 Å². The Balaban J connectivity index is 1.83. The van der Waals surface area contributed by atoms with E-state index in [-0.39, 0.29) is 19.1 Å². The average Bonchev–Trinajstić information content (AvgIpc) is 2.99. The second-order valence-corrected chi connectivity index (χ2v) is 7.09. The van der Waals surface area contributed by atoms with E-state index in [1.165, 1.54) is 12.1 Å². The number of nitrogens with zero attached hydrogens (tertiary/aromatic N) is 1. The number of ether oxygens (including phenoxy) is 1. The molecule has 2 aromatic rings. The molecule has 1 aliphatic rings. The molecule has 150 valence electrons. The number of halogens is 3. The van der Waals surface area contributed by atoms with Gasteiger partial charge in [-0.15, -0.1) is 0 Å². The molecule has 1 heterocycles. The van der Waals surface area contributed by atoms with Gasteiger partial charge in [0.15, 0.2) is 5.54 Å². The fraction of sp³-hybridized carbons (Fsp3) is 0.381. The van der Waals surface area contributed by atoms with Crippen LogP contribution in [0.15, 0.2) is 54.6 Å². The van der Waals surface area contributed by atoms with E-state index in [4.69, 9.17) is 4.74 Å². The van der Waals surface area contributed by atoms with E-state index in [0.29, 0.717) is 18.7 Å². The summed E-state index contributed by atoms with van der Waals surface area (Å²) in [5.41, 5.74) is -0.711. The summed E-state index contributed by atoms with van der Waals surface area (Å²) in [5.74, 6) is -1.26. The molecule has 28 heavy (non-hydrogen) atoms. The van der Waals surface area contributed by atoms with E-state index in [0.717, 1.165) is 17.7 Å². The van der Waals surface area contributed by atoms with E-state index < -0.39 is 23.2 Å². The Morgan fingerprint density at radius 1 is 1.18 bits per heavy atom. The minimum atomic E-state index is -4.43. The van der Waals surface area contributed by atoms with Crippen LogP contribution >= 0.6 is 0 Å². The summed E-state index contributed by atoms with van der Waals surface area (Å²) in [7, 11) is 0. The second kappa shape index (κ2) is 7.83. The molecular weight excluding hydrogens is 371 g/mol. The van der Waals surface area contributed by atoms with Crippen LogP contribution in [0.3, 0.4) is 0 Å². The van der Waals surface area contributed by atoms with Crippen molar-refractivity contribution < 1.29 is 27.8 Å². The molecule has 0 aromatic heterocycles. The molecule has 1 N–H and O–H groups in total. The number of hydrogen-bond donors (Lipinski definition) is 1. The Morgan fingerprint density at radius 3 is 2.39 bits per heavy atom. The van der Waals surface area contributed by atoms with Crippen molar-refractivity contribution in [1.82, 2.24) is 0 Å². The van der Waals surface area contributed by atoms with Crippen LogP contribution in [0.4, 0.5) is 18.9 Å². The molecule has 0 aliphatic carbocycles. The predicted octanol–water partition coefficient (Wildman–Crippen LogP) is 4.59. The van der Waals surface area contributed by atoms with Crippen molar-refractivity contribution in [1.29, 1.82) is 0 Å². The van der Waals surface area contributed by atoms with E-state index >= 15 is 0 Å². The molecule has 0 amide bonds. The zero-order chi connectivity index (χ0) is 20.4. The van der Waals surface area contributed by atoms with Crippen LogP contribution in [-0.2, 0) is 22.3 Å². The first-order valence-corrected chi connectivity index (χ1v) is 9.05. The third-order valence-electron chi connectivity index (χ3n) is 5.39. The summed E-state index contributed by atoms with van der Waals surface area (Å²) >= 11 is 0. The van der Waals surface area contributed by atoms with E-state index in [1.54, 1.807) is 4.90 Å². The normalized spacial score (nSPS) is 22.4. The molecule has 0 saturated carbocycles. The van der Waals surface area contributed by atoms with Crippen LogP contribution in [0.25, 0.3) is 0 Å². The van der Waals surface area contributed by atoms with Gasteiger partial charge in [0.05, 0.1) is 18.8 Å². The van der Waals surface area contributed by atoms with Gasteiger partial charge in [0.2, 0.25) is 0 Å². The van der Waals surface area contributed by atoms with Crippen molar-refractivity contribution in [3.8, 4) is 0 Å². The molecule has 4 nitrogen and oxygen atoms in total. The summed E-state index contributed by atoms with van der Waals surface area (Å²) in [4.78, 5) is 13.9. The number of hydrogen-bond acceptors (Lipinski definition) is 3. The molecule has 0 bridgehead atoms. The molecule has 0 spiro atoms. The standard InChI is InChI=1S/C21H22F3NO3/c1-15-11-12-25(18-9-7-17(8-10-18)21(22,23)24)20(15,19(26)27)14-28-13-16-5-3-2-4-6-16/h2-10,15H,11-14H2,1H3,(H,26,27)/t15?,20-/m0/s1. The first kappa shape index (κ1) is 20.2. The third-order valence-corrected chi connectivity index (χ3v) is 5.39. The Morgan fingerprint density at radius 2 is 1.82 bits per heavy atom. The maximum atomic E-state index is 12.8. The lowest BCUT2D eigenvalue weighted by Crippen LogP contribution is -2.57. The van der Waals surface area contributed by atoms with Gasteiger partial charge < -0.3 is 14.7 Å². The molecule has 0 radical (unpaired) electrons. The lowest BCUT2D eigenvalue weighted by molar-refractivity contribution is -0.147. The SMILES string of the molecule is CC1CCN(c2ccc(C(F)(F)F)cc2)[C@]1(COCc1ccccc1)C(=O)O. The Hall–Kier alpha value is -2.54. The fourth-order valence-electron chi connectivity index (χ4n) is 3.72. The van der Waals surface area contributed by atoms with Gasteiger partial charge >= 0.3 is 12.1 Å². The van der Waals surface area contributed by atoms with Gasteiger partial charge in [0.25, 0.3) is 0 Å². The van der Waals surface area contributed by atoms with Gasteiger partial charge in [-0.05, 0) is 42.2 Å². The molecule has 1 fully saturated rings. The number of benzene rings is 2. The smallest absolute Gasteiger partial charge is 0.416 e. The summed E-state index contributed by atoms with van der Waals surface area (Å²) in [6, 6.07) is 14.0. The van der Waals surface area contributed by atoms with E-state index in [1.807, 2.05) is 37.3 Å². The summed E-state index contributed by atoms with van der Waals surface area (Å²) in [5, 5.41) is 10.0. The third kappa shape index (κ3) is 3.85. The number of aliphatic carboxylic acids is 1. The Bertz CT molecular complexity index is 808. The highest BCUT2D eigenvalue weighted by Crippen LogP contribution is 2.40. The molecule has 2 aromatic carbocycles. The average molecular weight is 393 g/mol. The molecule has 1 aliphatic heterocycles. The predicted molar refractivity (Wildman–Crippen MR) is 99.0 cm³/mol. The number of rotatable bonds is 6. The highest BCUT2D eigenvalue weighted by Gasteiger charge is 2.53. The van der Waals surface area contributed by atoms with Crippen molar-refractivity contribution in [2.45, 2.75) is 31.7 Å². The lowest BCUT2D eigenvalue weighted by Gasteiger charge is -2.39. The van der Waals surface area contributed by atoms with Crippen LogP contribution in [0.1, 0.15) is 24.5 Å². The number of anilines is 1. The summed E-state index contributed by atoms with van der Waals surface area (Å²) in [6.07, 6.45) is -3.82. The molecule has 2 atom stereocenters. The van der Waals surface area contributed by atoms with Crippen LogP contribution in [0, 0.1) is 5.92 Å². The molecule has 1 unspecified atom stereocenters. The van der Waals surface area contributed by atoms with Crippen LogP contribution in [-0.4, -0.2) is 29.8 Å². The van der Waals surface area contributed by atoms with Crippen molar-refractivity contribution in [2.24, 2.45) is 5.92 Å². The topological polar surface area (TPSA) is 49.8 Å². The highest BCUT2D eigenvalue weighted by atomic mass is 19.4. The summed E-state index contributed by atoms with van der Waals surface area (Å²) in [6.45, 7) is 2.49. The van der Waals surface area contributed by atoms with Crippen LogP contribution in [0.2, 0.25) is 0 Å². The summed E-state index contributed by atoms with van der Waals surface area (Å²) < 4.78 is 44.3. The van der Waals surface area contributed by atoms with Crippen molar-refractivity contribution in [2.75, 3.05) is 18.1 Å². The molecule has 1 saturated heterocycles. The fourth-order valence-corrected chi connectivity index (χ4v) is 3.72. The highest BCUT2D eigenvalue weighted by molar-refractivity contribution is 5.85. The number of alkyl halides is 3. The number of carboxylic acids is 1. The Labute approximate surface area is 161 Å².